The number of rotatable bonds is 2. The van der Waals surface area contributed by atoms with Gasteiger partial charge in [-0.25, -0.2) is 4.79 Å². The first-order valence-corrected chi connectivity index (χ1v) is 5.72. The Balaban J connectivity index is 2.70. The van der Waals surface area contributed by atoms with E-state index in [-0.39, 0.29) is 11.6 Å². The van der Waals surface area contributed by atoms with Gasteiger partial charge in [-0.3, -0.25) is 0 Å². The monoisotopic (exact) mass is 262 g/mol. The number of benzene rings is 1. The zero-order valence-corrected chi connectivity index (χ0v) is 10.8. The number of fused-ring (bicyclic) bond motifs is 1. The zero-order valence-electron chi connectivity index (χ0n) is 10.0. The summed E-state index contributed by atoms with van der Waals surface area (Å²) < 4.78 is 10.6. The van der Waals surface area contributed by atoms with Crippen molar-refractivity contribution in [3.63, 3.8) is 0 Å². The van der Waals surface area contributed by atoms with Crippen LogP contribution >= 0.6 is 11.6 Å². The fraction of sp³-hybridized carbons (Fsp3) is 0.214. The van der Waals surface area contributed by atoms with Crippen LogP contribution in [0.25, 0.3) is 11.0 Å². The number of halogens is 1. The average molecular weight is 263 g/mol. The Morgan fingerprint density at radius 2 is 2.17 bits per heavy atom. The highest BCUT2D eigenvalue weighted by atomic mass is 35.5. The summed E-state index contributed by atoms with van der Waals surface area (Å²) in [7, 11) is 0. The zero-order chi connectivity index (χ0) is 13.3. The van der Waals surface area contributed by atoms with Gasteiger partial charge in [0.1, 0.15) is 23.0 Å². The molecular weight excluding hydrogens is 252 g/mol. The van der Waals surface area contributed by atoms with Crippen molar-refractivity contribution in [3.05, 3.63) is 38.7 Å². The smallest absolute Gasteiger partial charge is 0.355 e. The third-order valence-corrected chi connectivity index (χ3v) is 3.14. The highest BCUT2D eigenvalue weighted by Gasteiger charge is 2.11. The van der Waals surface area contributed by atoms with E-state index in [9.17, 15) is 4.79 Å². The molecule has 0 aliphatic heterocycles. The van der Waals surface area contributed by atoms with Gasteiger partial charge in [0.2, 0.25) is 0 Å². The van der Waals surface area contributed by atoms with Gasteiger partial charge in [0.25, 0.3) is 0 Å². The fourth-order valence-corrected chi connectivity index (χ4v) is 1.87. The SMILES string of the molecule is C#CCOc1cc2c(C)c(Cl)c(=O)oc2cc1C. The Bertz CT molecular complexity index is 708. The summed E-state index contributed by atoms with van der Waals surface area (Å²) in [4.78, 5) is 11.5. The third-order valence-electron chi connectivity index (χ3n) is 2.70. The first-order valence-electron chi connectivity index (χ1n) is 5.34. The predicted molar refractivity (Wildman–Crippen MR) is 71.3 cm³/mol. The molecule has 0 aliphatic carbocycles. The Morgan fingerprint density at radius 3 is 2.83 bits per heavy atom. The molecule has 1 aromatic carbocycles. The summed E-state index contributed by atoms with van der Waals surface area (Å²) in [6.45, 7) is 3.81. The quantitative estimate of drug-likeness (QED) is 0.617. The minimum absolute atomic E-state index is 0.0919. The van der Waals surface area contributed by atoms with E-state index < -0.39 is 5.63 Å². The van der Waals surface area contributed by atoms with Crippen LogP contribution in [-0.2, 0) is 0 Å². The van der Waals surface area contributed by atoms with Crippen molar-refractivity contribution in [3.8, 4) is 18.1 Å². The van der Waals surface area contributed by atoms with Crippen molar-refractivity contribution in [2.24, 2.45) is 0 Å². The Hall–Kier alpha value is -1.92. The lowest BCUT2D eigenvalue weighted by atomic mass is 10.1. The molecule has 1 aromatic heterocycles. The van der Waals surface area contributed by atoms with Crippen molar-refractivity contribution in [1.29, 1.82) is 0 Å². The lowest BCUT2D eigenvalue weighted by molar-refractivity contribution is 0.368. The van der Waals surface area contributed by atoms with Crippen LogP contribution in [0.3, 0.4) is 0 Å². The van der Waals surface area contributed by atoms with Gasteiger partial charge in [-0.05, 0) is 37.1 Å². The molecule has 2 rings (SSSR count). The van der Waals surface area contributed by atoms with E-state index in [0.717, 1.165) is 10.9 Å². The maximum atomic E-state index is 11.5. The molecule has 0 radical (unpaired) electrons. The Labute approximate surface area is 109 Å². The Kier molecular flexibility index (Phi) is 3.31. The lowest BCUT2D eigenvalue weighted by Crippen LogP contribution is -2.03. The molecule has 0 spiro atoms. The second-order valence-corrected chi connectivity index (χ2v) is 4.31. The van der Waals surface area contributed by atoms with E-state index >= 15 is 0 Å². The maximum Gasteiger partial charge on any atom is 0.355 e. The van der Waals surface area contributed by atoms with Crippen molar-refractivity contribution in [2.45, 2.75) is 13.8 Å². The molecule has 1 heterocycles. The van der Waals surface area contributed by atoms with Crippen LogP contribution in [0.2, 0.25) is 5.02 Å². The van der Waals surface area contributed by atoms with E-state index in [4.69, 9.17) is 27.2 Å². The minimum atomic E-state index is -0.529. The van der Waals surface area contributed by atoms with Gasteiger partial charge in [0.05, 0.1) is 0 Å². The second kappa shape index (κ2) is 4.75. The number of ether oxygens (including phenoxy) is 1. The molecule has 0 amide bonds. The topological polar surface area (TPSA) is 39.4 Å². The summed E-state index contributed by atoms with van der Waals surface area (Å²) >= 11 is 5.87. The van der Waals surface area contributed by atoms with Gasteiger partial charge in [0, 0.05) is 5.39 Å². The van der Waals surface area contributed by atoms with Crippen molar-refractivity contribution < 1.29 is 9.15 Å². The van der Waals surface area contributed by atoms with Gasteiger partial charge in [-0.2, -0.15) is 0 Å². The minimum Gasteiger partial charge on any atom is -0.481 e. The molecule has 4 heteroatoms. The first kappa shape index (κ1) is 12.5. The van der Waals surface area contributed by atoms with Gasteiger partial charge in [-0.15, -0.1) is 6.42 Å². The standard InChI is InChI=1S/C14H11ClO3/c1-4-5-17-11-7-10-9(3)13(15)14(16)18-12(10)6-8(11)2/h1,6-7H,5H2,2-3H3. The lowest BCUT2D eigenvalue weighted by Gasteiger charge is -2.09. The molecule has 0 fully saturated rings. The second-order valence-electron chi connectivity index (χ2n) is 3.94. The van der Waals surface area contributed by atoms with Crippen LogP contribution in [0, 0.1) is 26.2 Å². The summed E-state index contributed by atoms with van der Waals surface area (Å²) in [6.07, 6.45) is 5.16. The van der Waals surface area contributed by atoms with E-state index in [1.165, 1.54) is 0 Å². The molecule has 0 saturated carbocycles. The van der Waals surface area contributed by atoms with Gasteiger partial charge >= 0.3 is 5.63 Å². The van der Waals surface area contributed by atoms with Crippen LogP contribution in [-0.4, -0.2) is 6.61 Å². The average Bonchev–Trinajstić information content (AvgIpc) is 2.34. The molecule has 0 N–H and O–H groups in total. The summed E-state index contributed by atoms with van der Waals surface area (Å²) in [5.41, 5.74) is 1.49. The highest BCUT2D eigenvalue weighted by molar-refractivity contribution is 6.31. The van der Waals surface area contributed by atoms with E-state index in [0.29, 0.717) is 16.9 Å². The van der Waals surface area contributed by atoms with Gasteiger partial charge in [0.15, 0.2) is 0 Å². The normalized spacial score (nSPS) is 10.3. The number of terminal acetylenes is 1. The molecular formula is C14H11ClO3. The van der Waals surface area contributed by atoms with Crippen LogP contribution < -0.4 is 10.4 Å². The predicted octanol–water partition coefficient (Wildman–Crippen LogP) is 3.08. The largest absolute Gasteiger partial charge is 0.481 e. The van der Waals surface area contributed by atoms with Crippen molar-refractivity contribution in [1.82, 2.24) is 0 Å². The van der Waals surface area contributed by atoms with E-state index in [2.05, 4.69) is 5.92 Å². The van der Waals surface area contributed by atoms with Crippen LogP contribution in [0.1, 0.15) is 11.1 Å². The first-order chi connectivity index (χ1) is 8.54. The number of hydrogen-bond acceptors (Lipinski definition) is 3. The Morgan fingerprint density at radius 1 is 1.44 bits per heavy atom. The molecule has 0 aliphatic rings. The molecule has 0 saturated heterocycles. The molecule has 2 aromatic rings. The van der Waals surface area contributed by atoms with Gasteiger partial charge in [-0.1, -0.05) is 17.5 Å². The highest BCUT2D eigenvalue weighted by Crippen LogP contribution is 2.29. The molecule has 18 heavy (non-hydrogen) atoms. The molecule has 3 nitrogen and oxygen atoms in total. The van der Waals surface area contributed by atoms with E-state index in [1.807, 2.05) is 6.92 Å². The number of aryl methyl sites for hydroxylation is 2. The molecule has 92 valence electrons. The molecule has 0 unspecified atom stereocenters. The summed E-state index contributed by atoms with van der Waals surface area (Å²) in [5.74, 6) is 3.07. The summed E-state index contributed by atoms with van der Waals surface area (Å²) in [6, 6.07) is 3.53. The van der Waals surface area contributed by atoms with Crippen LogP contribution in [0.5, 0.6) is 5.75 Å². The van der Waals surface area contributed by atoms with Crippen molar-refractivity contribution >= 4 is 22.6 Å². The van der Waals surface area contributed by atoms with Gasteiger partial charge < -0.3 is 9.15 Å². The fourth-order valence-electron chi connectivity index (χ4n) is 1.73. The maximum absolute atomic E-state index is 11.5. The van der Waals surface area contributed by atoms with Crippen LogP contribution in [0.4, 0.5) is 0 Å². The number of hydrogen-bond donors (Lipinski definition) is 0. The van der Waals surface area contributed by atoms with E-state index in [1.54, 1.807) is 19.1 Å². The van der Waals surface area contributed by atoms with Crippen molar-refractivity contribution in [2.75, 3.05) is 6.61 Å². The van der Waals surface area contributed by atoms with Crippen LogP contribution in [0.15, 0.2) is 21.3 Å². The third kappa shape index (κ3) is 2.07. The summed E-state index contributed by atoms with van der Waals surface area (Å²) in [5, 5.41) is 0.839. The molecule has 0 atom stereocenters. The molecule has 0 bridgehead atoms.